The summed E-state index contributed by atoms with van der Waals surface area (Å²) in [6, 6.07) is 6.64. The summed E-state index contributed by atoms with van der Waals surface area (Å²) in [5, 5.41) is 3.77. The first-order valence-corrected chi connectivity index (χ1v) is 6.46. The van der Waals surface area contributed by atoms with Gasteiger partial charge >= 0.3 is 0 Å². The first-order valence-electron chi connectivity index (χ1n) is 4.80. The van der Waals surface area contributed by atoms with Crippen molar-refractivity contribution in [2.75, 3.05) is 6.54 Å². The Labute approximate surface area is 91.9 Å². The molecule has 0 fully saturated rings. The molecule has 3 rings (SSSR count). The van der Waals surface area contributed by atoms with Gasteiger partial charge in [0.1, 0.15) is 0 Å². The van der Waals surface area contributed by atoms with Crippen LogP contribution < -0.4 is 0 Å². The van der Waals surface area contributed by atoms with E-state index in [1.165, 1.54) is 20.5 Å². The summed E-state index contributed by atoms with van der Waals surface area (Å²) in [4.78, 5) is 1.44. The Morgan fingerprint density at radius 2 is 2.36 bits per heavy atom. The quantitative estimate of drug-likeness (QED) is 0.675. The maximum Gasteiger partial charge on any atom is 0.0419 e. The molecule has 1 nitrogen and oxygen atoms in total. The molecule has 0 amide bonds. The van der Waals surface area contributed by atoms with Crippen molar-refractivity contribution in [2.24, 2.45) is 0 Å². The first kappa shape index (κ1) is 8.77. The molecule has 0 saturated carbocycles. The Hall–Kier alpha value is -0.510. The number of hydrogen-bond donors (Lipinski definition) is 0. The molecule has 0 N–H and O–H groups in total. The van der Waals surface area contributed by atoms with E-state index in [0.717, 1.165) is 13.1 Å². The van der Waals surface area contributed by atoms with Crippen molar-refractivity contribution < 1.29 is 0 Å². The summed E-state index contributed by atoms with van der Waals surface area (Å²) in [7, 11) is 0. The molecule has 3 heteroatoms. The Morgan fingerprint density at radius 1 is 1.43 bits per heavy atom. The largest absolute Gasteiger partial charge is 0.242 e. The van der Waals surface area contributed by atoms with E-state index in [1.54, 1.807) is 0 Å². The lowest BCUT2D eigenvalue weighted by Crippen LogP contribution is -2.17. The zero-order valence-corrected chi connectivity index (χ0v) is 9.62. The molecule has 0 aliphatic carbocycles. The zero-order chi connectivity index (χ0) is 9.54. The molecule has 1 aromatic heterocycles. The molecule has 0 atom stereocenters. The van der Waals surface area contributed by atoms with Gasteiger partial charge in [0, 0.05) is 33.5 Å². The van der Waals surface area contributed by atoms with Crippen LogP contribution in [-0.4, -0.2) is 10.8 Å². The number of rotatable bonds is 1. The lowest BCUT2D eigenvalue weighted by Gasteiger charge is -2.24. The van der Waals surface area contributed by atoms with Crippen LogP contribution in [0.1, 0.15) is 12.5 Å². The van der Waals surface area contributed by atoms with E-state index in [-0.39, 0.29) is 0 Å². The smallest absolute Gasteiger partial charge is 0.0419 e. The molecule has 1 aromatic carbocycles. The van der Waals surface area contributed by atoms with E-state index >= 15 is 0 Å². The zero-order valence-electron chi connectivity index (χ0n) is 7.99. The summed E-state index contributed by atoms with van der Waals surface area (Å²) in [6.07, 6.45) is 0. The van der Waals surface area contributed by atoms with Gasteiger partial charge in [-0.2, -0.15) is 0 Å². The van der Waals surface area contributed by atoms with Crippen molar-refractivity contribution in [2.45, 2.75) is 18.4 Å². The fourth-order valence-corrected chi connectivity index (χ4v) is 4.06. The van der Waals surface area contributed by atoms with Gasteiger partial charge in [-0.3, -0.25) is 0 Å². The van der Waals surface area contributed by atoms with Gasteiger partial charge < -0.3 is 0 Å². The number of hydrogen-bond acceptors (Lipinski definition) is 3. The third-order valence-electron chi connectivity index (χ3n) is 2.58. The van der Waals surface area contributed by atoms with E-state index in [1.807, 2.05) is 23.3 Å². The van der Waals surface area contributed by atoms with Gasteiger partial charge in [0.15, 0.2) is 0 Å². The van der Waals surface area contributed by atoms with Gasteiger partial charge in [-0.25, -0.2) is 4.31 Å². The lowest BCUT2D eigenvalue weighted by atomic mass is 10.1. The minimum atomic E-state index is 1.09. The van der Waals surface area contributed by atoms with Gasteiger partial charge in [0.2, 0.25) is 0 Å². The molecule has 0 bridgehead atoms. The van der Waals surface area contributed by atoms with Gasteiger partial charge in [-0.1, -0.05) is 19.1 Å². The van der Waals surface area contributed by atoms with Gasteiger partial charge in [-0.15, -0.1) is 11.3 Å². The van der Waals surface area contributed by atoms with Crippen molar-refractivity contribution in [3.63, 3.8) is 0 Å². The van der Waals surface area contributed by atoms with Crippen LogP contribution in [0, 0.1) is 0 Å². The van der Waals surface area contributed by atoms with Crippen molar-refractivity contribution in [1.29, 1.82) is 0 Å². The van der Waals surface area contributed by atoms with E-state index in [9.17, 15) is 0 Å². The molecule has 2 heterocycles. The van der Waals surface area contributed by atoms with Crippen LogP contribution in [0.15, 0.2) is 28.5 Å². The van der Waals surface area contributed by atoms with Crippen molar-refractivity contribution in [3.8, 4) is 0 Å². The summed E-state index contributed by atoms with van der Waals surface area (Å²) in [5.74, 6) is 0. The maximum atomic E-state index is 2.41. The molecule has 0 radical (unpaired) electrons. The van der Waals surface area contributed by atoms with Gasteiger partial charge in [0.25, 0.3) is 0 Å². The van der Waals surface area contributed by atoms with Crippen LogP contribution in [-0.2, 0) is 6.54 Å². The minimum absolute atomic E-state index is 1.09. The summed E-state index contributed by atoms with van der Waals surface area (Å²) >= 11 is 3.76. The highest BCUT2D eigenvalue weighted by Gasteiger charge is 2.18. The average molecular weight is 221 g/mol. The average Bonchev–Trinajstić information content (AvgIpc) is 2.64. The van der Waals surface area contributed by atoms with Crippen LogP contribution in [0.2, 0.25) is 0 Å². The van der Waals surface area contributed by atoms with Crippen molar-refractivity contribution in [3.05, 3.63) is 29.1 Å². The first-order chi connectivity index (χ1) is 6.88. The van der Waals surface area contributed by atoms with E-state index < -0.39 is 0 Å². The fourth-order valence-electron chi connectivity index (χ4n) is 1.87. The summed E-state index contributed by atoms with van der Waals surface area (Å²) < 4.78 is 3.84. The van der Waals surface area contributed by atoms with Crippen LogP contribution in [0.4, 0.5) is 0 Å². The normalized spacial score (nSPS) is 16.4. The van der Waals surface area contributed by atoms with Crippen LogP contribution in [0.5, 0.6) is 0 Å². The molecule has 14 heavy (non-hydrogen) atoms. The molecule has 72 valence electrons. The van der Waals surface area contributed by atoms with Crippen molar-refractivity contribution in [1.82, 2.24) is 4.31 Å². The number of benzene rings is 1. The Kier molecular flexibility index (Phi) is 2.04. The Bertz CT molecular complexity index is 475. The molecular formula is C11H11NS2. The molecule has 0 saturated heterocycles. The van der Waals surface area contributed by atoms with E-state index in [2.05, 4.69) is 34.8 Å². The molecule has 0 unspecified atom stereocenters. The Morgan fingerprint density at radius 3 is 3.21 bits per heavy atom. The third kappa shape index (κ3) is 1.20. The highest BCUT2D eigenvalue weighted by molar-refractivity contribution is 7.97. The summed E-state index contributed by atoms with van der Waals surface area (Å²) in [5.41, 5.74) is 1.49. The molecular weight excluding hydrogens is 210 g/mol. The highest BCUT2D eigenvalue weighted by atomic mass is 32.2. The second-order valence-corrected chi connectivity index (χ2v) is 5.49. The fraction of sp³-hybridized carbons (Fsp3) is 0.273. The van der Waals surface area contributed by atoms with Gasteiger partial charge in [0.05, 0.1) is 0 Å². The minimum Gasteiger partial charge on any atom is -0.242 e. The van der Waals surface area contributed by atoms with E-state index in [0.29, 0.717) is 0 Å². The van der Waals surface area contributed by atoms with Crippen molar-refractivity contribution >= 4 is 33.4 Å². The monoisotopic (exact) mass is 221 g/mol. The highest BCUT2D eigenvalue weighted by Crippen LogP contribution is 2.41. The van der Waals surface area contributed by atoms with Crippen LogP contribution in [0.25, 0.3) is 10.1 Å². The lowest BCUT2D eigenvalue weighted by molar-refractivity contribution is 0.491. The second kappa shape index (κ2) is 3.26. The summed E-state index contributed by atoms with van der Waals surface area (Å²) in [6.45, 7) is 4.41. The predicted octanol–water partition coefficient (Wildman–Crippen LogP) is 3.74. The standard InChI is InChI=1S/C11H11NS2/c1-2-12-6-8-4-3-5-9-11(8)10(14-12)7-13-9/h3-5,7H,2,6H2,1H3. The molecule has 1 aliphatic rings. The maximum absolute atomic E-state index is 2.41. The Balaban J connectivity index is 2.23. The molecule has 2 aromatic rings. The van der Waals surface area contributed by atoms with Crippen LogP contribution >= 0.6 is 23.3 Å². The molecule has 1 aliphatic heterocycles. The second-order valence-electron chi connectivity index (χ2n) is 3.44. The number of nitrogens with zero attached hydrogens (tertiary/aromatic N) is 1. The predicted molar refractivity (Wildman–Crippen MR) is 63.8 cm³/mol. The molecule has 0 spiro atoms. The topological polar surface area (TPSA) is 3.24 Å². The number of thiophene rings is 1. The van der Waals surface area contributed by atoms with E-state index in [4.69, 9.17) is 0 Å². The SMILES string of the molecule is CCN1Cc2cccc3scc(c23)S1. The van der Waals surface area contributed by atoms with Gasteiger partial charge in [-0.05, 0) is 23.6 Å². The third-order valence-corrected chi connectivity index (χ3v) is 4.84. The van der Waals surface area contributed by atoms with Crippen LogP contribution in [0.3, 0.4) is 0 Å².